The van der Waals surface area contributed by atoms with Crippen molar-refractivity contribution in [1.82, 2.24) is 41.5 Å². The monoisotopic (exact) mass is 805 g/mol. The van der Waals surface area contributed by atoms with Gasteiger partial charge >= 0.3 is 6.09 Å². The minimum Gasteiger partial charge on any atom is -0.444 e. The molecule has 4 amide bonds. The number of rotatable bonds is 13. The molecule has 0 radical (unpaired) electrons. The summed E-state index contributed by atoms with van der Waals surface area (Å²) in [7, 11) is 0. The van der Waals surface area contributed by atoms with Crippen LogP contribution >= 0.6 is 0 Å². The lowest BCUT2D eigenvalue weighted by Crippen LogP contribution is -2.48. The highest BCUT2D eigenvalue weighted by Gasteiger charge is 2.31. The summed E-state index contributed by atoms with van der Waals surface area (Å²) < 4.78 is 5.37. The average Bonchev–Trinajstić information content (AvgIpc) is 3.76. The number of likely N-dealkylation sites (tertiary alicyclic amines) is 1. The first-order valence-corrected chi connectivity index (χ1v) is 20.9. The van der Waals surface area contributed by atoms with E-state index in [9.17, 15) is 19.2 Å². The number of hydrogen-bond acceptors (Lipinski definition) is 9. The predicted molar refractivity (Wildman–Crippen MR) is 227 cm³/mol. The number of carbonyl (C=O) groups is 4. The number of aromatic nitrogens is 4. The van der Waals surface area contributed by atoms with Gasteiger partial charge in [0.2, 0.25) is 17.6 Å². The fraction of sp³-hybridized carbons (Fsp3) is 0.489. The topological polar surface area (TPSA) is 183 Å². The van der Waals surface area contributed by atoms with Gasteiger partial charge < -0.3 is 30.9 Å². The molecule has 1 saturated heterocycles. The molecule has 3 aromatic carbocycles. The first kappa shape index (κ1) is 43.0. The molecule has 5 N–H and O–H groups in total. The molecule has 0 spiro atoms. The van der Waals surface area contributed by atoms with Crippen molar-refractivity contribution in [3.05, 3.63) is 83.4 Å². The lowest BCUT2D eigenvalue weighted by atomic mass is 9.81. The molecule has 1 unspecified atom stereocenters. The van der Waals surface area contributed by atoms with Gasteiger partial charge in [0, 0.05) is 60.9 Å². The number of carbonyl (C=O) groups excluding carboxylic acids is 4. The average molecular weight is 806 g/mol. The van der Waals surface area contributed by atoms with Gasteiger partial charge in [-0.1, -0.05) is 30.3 Å². The van der Waals surface area contributed by atoms with Crippen LogP contribution in [-0.4, -0.2) is 92.7 Å². The smallest absolute Gasteiger partial charge is 0.407 e. The molecule has 2 heterocycles. The maximum Gasteiger partial charge on any atom is 0.407 e. The van der Waals surface area contributed by atoms with E-state index >= 15 is 0 Å². The number of hydrogen-bond donors (Lipinski definition) is 5. The van der Waals surface area contributed by atoms with Crippen LogP contribution in [0.2, 0.25) is 0 Å². The number of alkyl carbamates (subject to hydrolysis) is 1. The molecule has 2 fully saturated rings. The molecule has 6 rings (SSSR count). The summed E-state index contributed by atoms with van der Waals surface area (Å²) in [5.74, 6) is -0.0963. The summed E-state index contributed by atoms with van der Waals surface area (Å²) in [6, 6.07) is 20.8. The van der Waals surface area contributed by atoms with Gasteiger partial charge in [0.25, 0.3) is 5.91 Å². The van der Waals surface area contributed by atoms with Crippen LogP contribution in [0.15, 0.2) is 66.7 Å². The van der Waals surface area contributed by atoms with Crippen LogP contribution in [0.25, 0.3) is 22.5 Å². The van der Waals surface area contributed by atoms with E-state index in [1.165, 1.54) is 0 Å². The van der Waals surface area contributed by atoms with Gasteiger partial charge in [-0.05, 0) is 150 Å². The molecule has 1 aliphatic heterocycles. The normalized spacial score (nSPS) is 18.2. The van der Waals surface area contributed by atoms with Gasteiger partial charge in [0.05, 0.1) is 0 Å². The Labute approximate surface area is 347 Å². The summed E-state index contributed by atoms with van der Waals surface area (Å²) >= 11 is 0. The van der Waals surface area contributed by atoms with Crippen molar-refractivity contribution < 1.29 is 23.9 Å². The lowest BCUT2D eigenvalue weighted by molar-refractivity contribution is -0.130. The maximum atomic E-state index is 13.9. The number of ether oxygens (including phenoxy) is 1. The van der Waals surface area contributed by atoms with Gasteiger partial charge in [-0.15, -0.1) is 10.2 Å². The molecule has 4 aromatic rings. The number of amides is 4. The molecule has 2 aliphatic rings. The van der Waals surface area contributed by atoms with Crippen LogP contribution in [0.1, 0.15) is 94.6 Å². The SMILES string of the molecule is Cc1cc(C(=O)NC2CCN(C(C)C)CC2)ccc1-c1ccc(CC(NC(=O)C2CCC(CNC(=O)OC(C)(C)C)CC2)C(=O)Nc2ccc(-c3nn[nH]n3)cc2)cc1. The second-order valence-electron chi connectivity index (χ2n) is 17.3. The summed E-state index contributed by atoms with van der Waals surface area (Å²) in [4.78, 5) is 55.4. The molecular formula is C45H59N9O5. The molecule has 1 aliphatic carbocycles. The number of tetrazole rings is 1. The van der Waals surface area contributed by atoms with Crippen molar-refractivity contribution in [2.75, 3.05) is 25.0 Å². The second kappa shape index (κ2) is 19.4. The van der Waals surface area contributed by atoms with E-state index < -0.39 is 17.7 Å². The molecule has 14 nitrogen and oxygen atoms in total. The van der Waals surface area contributed by atoms with E-state index in [0.29, 0.717) is 42.5 Å². The highest BCUT2D eigenvalue weighted by atomic mass is 16.6. The molecular weight excluding hydrogens is 747 g/mol. The second-order valence-corrected chi connectivity index (χ2v) is 17.3. The number of aromatic amines is 1. The number of nitrogens with zero attached hydrogens (tertiary/aromatic N) is 4. The van der Waals surface area contributed by atoms with Crippen molar-refractivity contribution in [2.45, 2.75) is 110 Å². The van der Waals surface area contributed by atoms with Gasteiger partial charge in [-0.3, -0.25) is 14.4 Å². The molecule has 1 aromatic heterocycles. The van der Waals surface area contributed by atoms with Crippen LogP contribution in [0.3, 0.4) is 0 Å². The number of anilines is 1. The maximum absolute atomic E-state index is 13.9. The van der Waals surface area contributed by atoms with E-state index in [0.717, 1.165) is 66.6 Å². The zero-order valence-electron chi connectivity index (χ0n) is 35.1. The minimum atomic E-state index is -0.839. The Bertz CT molecular complexity index is 2030. The zero-order valence-corrected chi connectivity index (χ0v) is 35.1. The van der Waals surface area contributed by atoms with E-state index in [2.05, 4.69) is 60.6 Å². The van der Waals surface area contributed by atoms with Crippen LogP contribution in [0, 0.1) is 18.8 Å². The zero-order chi connectivity index (χ0) is 42.1. The van der Waals surface area contributed by atoms with Gasteiger partial charge in [0.1, 0.15) is 11.6 Å². The Kier molecular flexibility index (Phi) is 14.1. The lowest BCUT2D eigenvalue weighted by Gasteiger charge is -2.34. The highest BCUT2D eigenvalue weighted by Crippen LogP contribution is 2.30. The standard InChI is InChI=1S/C45H59N9O5/c1-28(2)54-23-21-37(22-24-54)47-42(56)35-17-20-38(29(3)25-35)32-11-7-30(8-12-32)26-39(43(57)48-36-18-15-33(16-19-36)40-50-52-53-51-40)49-41(55)34-13-9-31(10-14-34)27-46-44(58)59-45(4,5)6/h7-8,11-12,15-20,25,28,31,34,37,39H,9-10,13-14,21-24,26-27H2,1-6H3,(H,46,58)(H,47,56)(H,48,57)(H,49,55)(H,50,51,52,53). The van der Waals surface area contributed by atoms with Crippen LogP contribution < -0.4 is 21.3 Å². The van der Waals surface area contributed by atoms with E-state index in [1.807, 2.05) is 70.2 Å². The third-order valence-corrected chi connectivity index (χ3v) is 11.3. The molecule has 1 atom stereocenters. The number of benzene rings is 3. The minimum absolute atomic E-state index is 0.0458. The van der Waals surface area contributed by atoms with Crippen molar-refractivity contribution >= 4 is 29.5 Å². The van der Waals surface area contributed by atoms with Crippen molar-refractivity contribution in [3.8, 4) is 22.5 Å². The number of aryl methyl sites for hydroxylation is 1. The molecule has 1 saturated carbocycles. The van der Waals surface area contributed by atoms with Gasteiger partial charge in [-0.25, -0.2) is 4.79 Å². The van der Waals surface area contributed by atoms with Crippen LogP contribution in [-0.2, 0) is 20.7 Å². The summed E-state index contributed by atoms with van der Waals surface area (Å²) in [6.07, 6.45) is 4.62. The van der Waals surface area contributed by atoms with Crippen molar-refractivity contribution in [3.63, 3.8) is 0 Å². The highest BCUT2D eigenvalue weighted by molar-refractivity contribution is 5.98. The van der Waals surface area contributed by atoms with Crippen molar-refractivity contribution in [2.24, 2.45) is 11.8 Å². The fourth-order valence-corrected chi connectivity index (χ4v) is 7.90. The molecule has 14 heteroatoms. The van der Waals surface area contributed by atoms with Crippen molar-refractivity contribution in [1.29, 1.82) is 0 Å². The Balaban J connectivity index is 1.09. The number of nitrogens with one attached hydrogen (secondary N) is 5. The number of H-pyrrole nitrogens is 1. The quantitative estimate of drug-likeness (QED) is 0.102. The Morgan fingerprint density at radius 3 is 2.17 bits per heavy atom. The fourth-order valence-electron chi connectivity index (χ4n) is 7.90. The van der Waals surface area contributed by atoms with Gasteiger partial charge in [-0.2, -0.15) is 5.21 Å². The first-order chi connectivity index (χ1) is 28.2. The predicted octanol–water partition coefficient (Wildman–Crippen LogP) is 6.44. The Hall–Kier alpha value is -5.63. The molecule has 0 bridgehead atoms. The van der Waals surface area contributed by atoms with Crippen LogP contribution in [0.5, 0.6) is 0 Å². The first-order valence-electron chi connectivity index (χ1n) is 20.9. The van der Waals surface area contributed by atoms with Crippen LogP contribution in [0.4, 0.5) is 10.5 Å². The third-order valence-electron chi connectivity index (χ3n) is 11.3. The molecule has 59 heavy (non-hydrogen) atoms. The summed E-state index contributed by atoms with van der Waals surface area (Å²) in [5, 5.41) is 26.2. The number of piperidine rings is 1. The Morgan fingerprint density at radius 1 is 0.881 bits per heavy atom. The third kappa shape index (κ3) is 12.2. The Morgan fingerprint density at radius 2 is 1.56 bits per heavy atom. The summed E-state index contributed by atoms with van der Waals surface area (Å²) in [6.45, 7) is 14.4. The van der Waals surface area contributed by atoms with E-state index in [1.54, 1.807) is 24.3 Å². The molecule has 314 valence electrons. The van der Waals surface area contributed by atoms with Gasteiger partial charge in [0.15, 0.2) is 0 Å². The largest absolute Gasteiger partial charge is 0.444 e. The van der Waals surface area contributed by atoms with E-state index in [-0.39, 0.29) is 42.0 Å². The summed E-state index contributed by atoms with van der Waals surface area (Å²) in [5.41, 5.74) is 5.27. The van der Waals surface area contributed by atoms with E-state index in [4.69, 9.17) is 4.74 Å².